The minimum absolute atomic E-state index is 0.180. The van der Waals surface area contributed by atoms with Crippen molar-refractivity contribution >= 4 is 29.3 Å². The van der Waals surface area contributed by atoms with Gasteiger partial charge in [0.05, 0.1) is 5.54 Å². The molecule has 7 heteroatoms. The molecule has 0 saturated carbocycles. The van der Waals surface area contributed by atoms with Crippen molar-refractivity contribution in [2.24, 2.45) is 0 Å². The van der Waals surface area contributed by atoms with Crippen molar-refractivity contribution < 1.29 is 0 Å². The number of nitrogen functional groups attached to an aromatic ring is 1. The van der Waals surface area contributed by atoms with E-state index in [0.717, 1.165) is 0 Å². The van der Waals surface area contributed by atoms with E-state index in [4.69, 9.17) is 18.0 Å². The minimum Gasteiger partial charge on any atom is -0.369 e. The van der Waals surface area contributed by atoms with Crippen LogP contribution in [0.25, 0.3) is 11.2 Å². The fourth-order valence-corrected chi connectivity index (χ4v) is 1.56. The number of hydrogen-bond donors (Lipinski definition) is 2. The molecule has 0 aliphatic rings. The van der Waals surface area contributed by atoms with Gasteiger partial charge in [-0.1, -0.05) is 17.4 Å². The van der Waals surface area contributed by atoms with Gasteiger partial charge in [-0.25, -0.2) is 9.67 Å². The Hall–Kier alpha value is -1.50. The van der Waals surface area contributed by atoms with Crippen molar-refractivity contribution in [1.29, 1.82) is 0 Å². The molecule has 2 heterocycles. The van der Waals surface area contributed by atoms with Crippen LogP contribution in [0.4, 0.5) is 5.95 Å². The van der Waals surface area contributed by atoms with Crippen LogP contribution in [0.5, 0.6) is 0 Å². The van der Waals surface area contributed by atoms with Crippen molar-refractivity contribution in [2.45, 2.75) is 26.3 Å². The highest BCUT2D eigenvalue weighted by atomic mass is 32.1. The second-order valence-corrected chi connectivity index (χ2v) is 4.68. The highest BCUT2D eigenvalue weighted by Crippen LogP contribution is 2.18. The van der Waals surface area contributed by atoms with Crippen LogP contribution in [0.1, 0.15) is 20.8 Å². The van der Waals surface area contributed by atoms with Crippen LogP contribution < -0.4 is 5.73 Å². The molecule has 2 aromatic rings. The number of nitrogens with zero attached hydrogens (tertiary/aromatic N) is 4. The van der Waals surface area contributed by atoms with Gasteiger partial charge in [0.25, 0.3) is 0 Å². The predicted molar refractivity (Wildman–Crippen MR) is 59.9 cm³/mol. The van der Waals surface area contributed by atoms with Crippen molar-refractivity contribution in [3.8, 4) is 0 Å². The van der Waals surface area contributed by atoms with Gasteiger partial charge < -0.3 is 10.7 Å². The lowest BCUT2D eigenvalue weighted by molar-refractivity contribution is 0.356. The molecule has 2 rings (SSSR count). The highest BCUT2D eigenvalue weighted by Gasteiger charge is 2.19. The van der Waals surface area contributed by atoms with Gasteiger partial charge in [-0.3, -0.25) is 0 Å². The Bertz CT molecular complexity index is 560. The van der Waals surface area contributed by atoms with Crippen LogP contribution in [0, 0.1) is 4.64 Å². The van der Waals surface area contributed by atoms with Crippen LogP contribution in [0.3, 0.4) is 0 Å². The summed E-state index contributed by atoms with van der Waals surface area (Å²) >= 11 is 5.05. The van der Waals surface area contributed by atoms with Crippen molar-refractivity contribution in [3.63, 3.8) is 0 Å². The van der Waals surface area contributed by atoms with Gasteiger partial charge in [-0.15, -0.1) is 5.10 Å². The van der Waals surface area contributed by atoms with Crippen molar-refractivity contribution in [3.05, 3.63) is 4.64 Å². The summed E-state index contributed by atoms with van der Waals surface area (Å²) in [4.78, 5) is 6.84. The molecule has 0 atom stereocenters. The average Bonchev–Trinajstić information content (AvgIpc) is 2.45. The van der Waals surface area contributed by atoms with E-state index in [1.807, 2.05) is 20.8 Å². The van der Waals surface area contributed by atoms with Gasteiger partial charge in [-0.05, 0) is 20.8 Å². The summed E-state index contributed by atoms with van der Waals surface area (Å²) < 4.78 is 2.12. The summed E-state index contributed by atoms with van der Waals surface area (Å²) in [5.41, 5.74) is 6.70. The monoisotopic (exact) mass is 224 g/mol. The van der Waals surface area contributed by atoms with Gasteiger partial charge in [0.2, 0.25) is 5.95 Å². The summed E-state index contributed by atoms with van der Waals surface area (Å²) in [5.74, 6) is 0.278. The van der Waals surface area contributed by atoms with E-state index in [-0.39, 0.29) is 11.5 Å². The third-order valence-electron chi connectivity index (χ3n) is 1.98. The van der Waals surface area contributed by atoms with Crippen LogP contribution in [0.2, 0.25) is 0 Å². The Kier molecular flexibility index (Phi) is 2.00. The summed E-state index contributed by atoms with van der Waals surface area (Å²) in [7, 11) is 0. The molecule has 0 aromatic carbocycles. The minimum atomic E-state index is -0.180. The SMILES string of the molecule is CC(C)(C)n1nnc2c(=S)nc(N)[nH]c21. The number of aromatic amines is 1. The fraction of sp³-hybridized carbons (Fsp3) is 0.500. The van der Waals surface area contributed by atoms with Crippen LogP contribution in [0.15, 0.2) is 0 Å². The van der Waals surface area contributed by atoms with Gasteiger partial charge in [0.15, 0.2) is 15.8 Å². The zero-order valence-electron chi connectivity index (χ0n) is 8.77. The molecule has 0 radical (unpaired) electrons. The number of fused-ring (bicyclic) bond motifs is 1. The molecule has 15 heavy (non-hydrogen) atoms. The second-order valence-electron chi connectivity index (χ2n) is 4.30. The maximum Gasteiger partial charge on any atom is 0.200 e. The number of hydrogen-bond acceptors (Lipinski definition) is 5. The molecule has 2 aromatic heterocycles. The Morgan fingerprint density at radius 2 is 2.07 bits per heavy atom. The molecule has 6 nitrogen and oxygen atoms in total. The molecule has 3 N–H and O–H groups in total. The molecule has 0 bridgehead atoms. The Morgan fingerprint density at radius 1 is 1.40 bits per heavy atom. The molecule has 0 aliphatic heterocycles. The molecule has 80 valence electrons. The van der Waals surface area contributed by atoms with E-state index < -0.39 is 0 Å². The van der Waals surface area contributed by atoms with Gasteiger partial charge in [-0.2, -0.15) is 0 Å². The number of aromatic nitrogens is 5. The maximum atomic E-state index is 5.59. The van der Waals surface area contributed by atoms with Gasteiger partial charge >= 0.3 is 0 Å². The average molecular weight is 224 g/mol. The zero-order valence-corrected chi connectivity index (χ0v) is 9.59. The van der Waals surface area contributed by atoms with E-state index in [1.54, 1.807) is 4.68 Å². The highest BCUT2D eigenvalue weighted by molar-refractivity contribution is 7.71. The third-order valence-corrected chi connectivity index (χ3v) is 2.26. The number of H-pyrrole nitrogens is 1. The Morgan fingerprint density at radius 3 is 2.67 bits per heavy atom. The standard InChI is InChI=1S/C8H12N6S/c1-8(2,3)14-5-4(12-13-14)6(15)11-7(9)10-5/h1-3H3,(H3,9,10,11,15). The first-order chi connectivity index (χ1) is 6.89. The summed E-state index contributed by atoms with van der Waals surface area (Å²) in [5, 5.41) is 8.03. The molecule has 0 spiro atoms. The predicted octanol–water partition coefficient (Wildman–Crippen LogP) is 1.22. The van der Waals surface area contributed by atoms with E-state index in [2.05, 4.69) is 20.3 Å². The van der Waals surface area contributed by atoms with Gasteiger partial charge in [0, 0.05) is 0 Å². The number of nitrogens with two attached hydrogens (primary N) is 1. The normalized spacial score (nSPS) is 12.2. The molecular weight excluding hydrogens is 212 g/mol. The summed E-state index contributed by atoms with van der Waals surface area (Å²) in [6.07, 6.45) is 0. The fourth-order valence-electron chi connectivity index (χ4n) is 1.32. The summed E-state index contributed by atoms with van der Waals surface area (Å²) in [6, 6.07) is 0. The first-order valence-corrected chi connectivity index (χ1v) is 4.92. The smallest absolute Gasteiger partial charge is 0.200 e. The van der Waals surface area contributed by atoms with E-state index in [1.165, 1.54) is 0 Å². The lowest BCUT2D eigenvalue weighted by Crippen LogP contribution is -2.23. The molecule has 0 unspecified atom stereocenters. The Balaban J connectivity index is 2.86. The van der Waals surface area contributed by atoms with Crippen LogP contribution in [-0.2, 0) is 5.54 Å². The second kappa shape index (κ2) is 2.99. The molecule has 0 saturated heterocycles. The largest absolute Gasteiger partial charge is 0.369 e. The third kappa shape index (κ3) is 1.58. The van der Waals surface area contributed by atoms with Crippen molar-refractivity contribution in [1.82, 2.24) is 25.0 Å². The van der Waals surface area contributed by atoms with E-state index in [9.17, 15) is 0 Å². The number of rotatable bonds is 0. The first-order valence-electron chi connectivity index (χ1n) is 4.51. The molecule has 0 aliphatic carbocycles. The van der Waals surface area contributed by atoms with E-state index in [0.29, 0.717) is 15.8 Å². The van der Waals surface area contributed by atoms with Crippen LogP contribution in [-0.4, -0.2) is 25.0 Å². The number of anilines is 1. The summed E-state index contributed by atoms with van der Waals surface area (Å²) in [6.45, 7) is 6.07. The van der Waals surface area contributed by atoms with Gasteiger partial charge in [0.1, 0.15) is 0 Å². The first kappa shape index (κ1) is 10.0. The molecule has 0 fully saturated rings. The van der Waals surface area contributed by atoms with Crippen LogP contribution >= 0.6 is 12.2 Å². The lowest BCUT2D eigenvalue weighted by atomic mass is 10.1. The maximum absolute atomic E-state index is 5.59. The topological polar surface area (TPSA) is 85.4 Å². The van der Waals surface area contributed by atoms with E-state index >= 15 is 0 Å². The quantitative estimate of drug-likeness (QED) is 0.657. The Labute approximate surface area is 91.5 Å². The van der Waals surface area contributed by atoms with Crippen molar-refractivity contribution in [2.75, 3.05) is 5.73 Å². The molecular formula is C8H12N6S. The molecule has 0 amide bonds. The zero-order chi connectivity index (χ0) is 11.2. The number of nitrogens with one attached hydrogen (secondary N) is 1. The lowest BCUT2D eigenvalue weighted by Gasteiger charge is -2.18.